The number of thioether (sulfide) groups is 1. The van der Waals surface area contributed by atoms with Crippen LogP contribution in [0.4, 0.5) is 13.2 Å². The van der Waals surface area contributed by atoms with Gasteiger partial charge < -0.3 is 0 Å². The summed E-state index contributed by atoms with van der Waals surface area (Å²) in [5.41, 5.74) is 0. The minimum absolute atomic E-state index is 0.368. The fraction of sp³-hybridized carbons (Fsp3) is 1.00. The second-order valence-corrected chi connectivity index (χ2v) is 3.78. The van der Waals surface area contributed by atoms with Crippen molar-refractivity contribution in [2.45, 2.75) is 6.30 Å². The summed E-state index contributed by atoms with van der Waals surface area (Å²) < 4.78 is 36.3. The van der Waals surface area contributed by atoms with Crippen LogP contribution in [-0.4, -0.2) is 48.0 Å². The summed E-state index contributed by atoms with van der Waals surface area (Å²) in [6.07, 6.45) is -4.23. The molecule has 0 radical (unpaired) electrons. The van der Waals surface area contributed by atoms with Crippen LogP contribution in [0.2, 0.25) is 0 Å². The van der Waals surface area contributed by atoms with E-state index in [4.69, 9.17) is 0 Å². The molecule has 0 aromatic heterocycles. The molecule has 0 aromatic rings. The van der Waals surface area contributed by atoms with E-state index in [1.54, 1.807) is 11.8 Å². The number of hydrogen-bond donors (Lipinski definition) is 0. The second-order valence-electron chi connectivity index (χ2n) is 2.56. The molecule has 0 aliphatic carbocycles. The van der Waals surface area contributed by atoms with Crippen molar-refractivity contribution >= 4 is 11.8 Å². The van der Waals surface area contributed by atoms with Crippen molar-refractivity contribution in [3.63, 3.8) is 0 Å². The summed E-state index contributed by atoms with van der Waals surface area (Å²) in [6, 6.07) is 0. The van der Waals surface area contributed by atoms with Gasteiger partial charge in [0, 0.05) is 31.6 Å². The smallest absolute Gasteiger partial charge is 0.233 e. The molecule has 1 heterocycles. The van der Waals surface area contributed by atoms with Crippen LogP contribution in [0.5, 0.6) is 0 Å². The zero-order valence-electron chi connectivity index (χ0n) is 6.76. The summed E-state index contributed by atoms with van der Waals surface area (Å²) in [6.45, 7) is 0.974. The molecule has 72 valence electrons. The standard InChI is InChI=1S/C6H11F3N2S/c1-10(6(7,8)9)11-2-4-12-5-3-11/h2-5H2,1H3. The third-order valence-electron chi connectivity index (χ3n) is 1.78. The Morgan fingerprint density at radius 3 is 2.17 bits per heavy atom. The molecule has 1 rings (SSSR count). The summed E-state index contributed by atoms with van der Waals surface area (Å²) in [7, 11) is 1.07. The van der Waals surface area contributed by atoms with Gasteiger partial charge in [0.2, 0.25) is 0 Å². The lowest BCUT2D eigenvalue weighted by atomic mass is 10.6. The Balaban J connectivity index is 2.45. The third kappa shape index (κ3) is 2.53. The maximum atomic E-state index is 12.1. The minimum atomic E-state index is -4.23. The lowest BCUT2D eigenvalue weighted by Crippen LogP contribution is -2.51. The van der Waals surface area contributed by atoms with Gasteiger partial charge >= 0.3 is 6.30 Å². The van der Waals surface area contributed by atoms with E-state index in [0.29, 0.717) is 18.1 Å². The zero-order chi connectivity index (χ0) is 9.19. The van der Waals surface area contributed by atoms with Gasteiger partial charge in [0.05, 0.1) is 0 Å². The first-order valence-corrected chi connectivity index (χ1v) is 4.80. The van der Waals surface area contributed by atoms with Crippen molar-refractivity contribution in [3.8, 4) is 0 Å². The van der Waals surface area contributed by atoms with Crippen molar-refractivity contribution in [1.29, 1.82) is 0 Å². The SMILES string of the molecule is CN(N1CCSCC1)C(F)(F)F. The maximum Gasteiger partial charge on any atom is 0.473 e. The highest BCUT2D eigenvalue weighted by Crippen LogP contribution is 2.23. The van der Waals surface area contributed by atoms with E-state index < -0.39 is 6.30 Å². The number of rotatable bonds is 1. The predicted octanol–water partition coefficient (Wildman–Crippen LogP) is 1.40. The van der Waals surface area contributed by atoms with Gasteiger partial charge in [-0.15, -0.1) is 0 Å². The first kappa shape index (κ1) is 10.1. The Bertz CT molecular complexity index is 144. The molecule has 1 fully saturated rings. The van der Waals surface area contributed by atoms with Crippen LogP contribution in [0.25, 0.3) is 0 Å². The lowest BCUT2D eigenvalue weighted by Gasteiger charge is -2.35. The fourth-order valence-electron chi connectivity index (χ4n) is 1.01. The Labute approximate surface area is 73.7 Å². The summed E-state index contributed by atoms with van der Waals surface area (Å²) in [5, 5.41) is 1.70. The van der Waals surface area contributed by atoms with Crippen LogP contribution in [-0.2, 0) is 0 Å². The Hall–Kier alpha value is 0.0600. The molecule has 12 heavy (non-hydrogen) atoms. The molecule has 0 unspecified atom stereocenters. The first-order valence-electron chi connectivity index (χ1n) is 3.65. The number of nitrogens with zero attached hydrogens (tertiary/aromatic N) is 2. The monoisotopic (exact) mass is 200 g/mol. The molecule has 0 atom stereocenters. The molecular formula is C6H11F3N2S. The van der Waals surface area contributed by atoms with E-state index in [9.17, 15) is 13.2 Å². The average Bonchev–Trinajstić information content (AvgIpc) is 2.03. The summed E-state index contributed by atoms with van der Waals surface area (Å²) in [5.74, 6) is 1.56. The van der Waals surface area contributed by atoms with E-state index in [0.717, 1.165) is 18.6 Å². The minimum Gasteiger partial charge on any atom is -0.233 e. The maximum absolute atomic E-state index is 12.1. The topological polar surface area (TPSA) is 6.48 Å². The van der Waals surface area contributed by atoms with Gasteiger partial charge in [-0.2, -0.15) is 29.9 Å². The van der Waals surface area contributed by atoms with Crippen LogP contribution in [0.3, 0.4) is 0 Å². The largest absolute Gasteiger partial charge is 0.473 e. The Kier molecular flexibility index (Phi) is 3.25. The molecule has 2 nitrogen and oxygen atoms in total. The van der Waals surface area contributed by atoms with Crippen LogP contribution in [0.1, 0.15) is 0 Å². The van der Waals surface area contributed by atoms with Gasteiger partial charge in [-0.3, -0.25) is 0 Å². The molecule has 1 aliphatic heterocycles. The van der Waals surface area contributed by atoms with Gasteiger partial charge in [-0.1, -0.05) is 0 Å². The molecule has 0 amide bonds. The second kappa shape index (κ2) is 3.85. The fourth-order valence-corrected chi connectivity index (χ4v) is 1.90. The Morgan fingerprint density at radius 1 is 1.25 bits per heavy atom. The number of hydrogen-bond acceptors (Lipinski definition) is 3. The van der Waals surface area contributed by atoms with Crippen molar-refractivity contribution in [1.82, 2.24) is 10.0 Å². The van der Waals surface area contributed by atoms with Crippen molar-refractivity contribution in [2.75, 3.05) is 31.6 Å². The van der Waals surface area contributed by atoms with E-state index in [1.807, 2.05) is 0 Å². The van der Waals surface area contributed by atoms with E-state index in [-0.39, 0.29) is 0 Å². The zero-order valence-corrected chi connectivity index (χ0v) is 7.58. The number of halogens is 3. The van der Waals surface area contributed by atoms with Crippen LogP contribution in [0, 0.1) is 0 Å². The quantitative estimate of drug-likeness (QED) is 0.591. The van der Waals surface area contributed by atoms with E-state index in [1.165, 1.54) is 5.01 Å². The Morgan fingerprint density at radius 2 is 1.75 bits per heavy atom. The number of hydrazine groups is 1. The summed E-state index contributed by atoms with van der Waals surface area (Å²) >= 11 is 1.69. The first-order chi connectivity index (χ1) is 5.52. The molecule has 0 N–H and O–H groups in total. The van der Waals surface area contributed by atoms with Gasteiger partial charge in [0.1, 0.15) is 0 Å². The predicted molar refractivity (Wildman–Crippen MR) is 42.7 cm³/mol. The molecule has 1 saturated heterocycles. The van der Waals surface area contributed by atoms with E-state index in [2.05, 4.69) is 0 Å². The van der Waals surface area contributed by atoms with Crippen LogP contribution < -0.4 is 0 Å². The highest BCUT2D eigenvalue weighted by atomic mass is 32.2. The van der Waals surface area contributed by atoms with Crippen molar-refractivity contribution in [2.24, 2.45) is 0 Å². The van der Waals surface area contributed by atoms with Crippen LogP contribution >= 0.6 is 11.8 Å². The third-order valence-corrected chi connectivity index (χ3v) is 2.72. The van der Waals surface area contributed by atoms with Gasteiger partial charge in [0.15, 0.2) is 0 Å². The molecule has 0 saturated carbocycles. The van der Waals surface area contributed by atoms with Gasteiger partial charge in [-0.25, -0.2) is 5.01 Å². The van der Waals surface area contributed by atoms with Crippen molar-refractivity contribution < 1.29 is 13.2 Å². The average molecular weight is 200 g/mol. The molecule has 6 heteroatoms. The van der Waals surface area contributed by atoms with Crippen LogP contribution in [0.15, 0.2) is 0 Å². The highest BCUT2D eigenvalue weighted by Gasteiger charge is 2.38. The molecular weight excluding hydrogens is 189 g/mol. The van der Waals surface area contributed by atoms with Gasteiger partial charge in [-0.05, 0) is 0 Å². The molecule has 1 aliphatic rings. The number of alkyl halides is 3. The van der Waals surface area contributed by atoms with E-state index >= 15 is 0 Å². The molecule has 0 spiro atoms. The van der Waals surface area contributed by atoms with Gasteiger partial charge in [0.25, 0.3) is 0 Å². The molecule has 0 aromatic carbocycles. The summed E-state index contributed by atoms with van der Waals surface area (Å²) in [4.78, 5) is 0. The van der Waals surface area contributed by atoms with Crippen molar-refractivity contribution in [3.05, 3.63) is 0 Å². The lowest BCUT2D eigenvalue weighted by molar-refractivity contribution is -0.301. The highest BCUT2D eigenvalue weighted by molar-refractivity contribution is 7.99. The normalized spacial score (nSPS) is 21.8. The molecule has 0 bridgehead atoms.